The van der Waals surface area contributed by atoms with Gasteiger partial charge in [-0.15, -0.1) is 0 Å². The van der Waals surface area contributed by atoms with E-state index in [9.17, 15) is 0 Å². The molecule has 0 radical (unpaired) electrons. The first-order valence-corrected chi connectivity index (χ1v) is 5.93. The third-order valence-electron chi connectivity index (χ3n) is 3.22. The molecular weight excluding hydrogens is 184 g/mol. The molecule has 0 spiro atoms. The van der Waals surface area contributed by atoms with Gasteiger partial charge in [0.2, 0.25) is 0 Å². The Balaban J connectivity index is 1.83. The highest BCUT2D eigenvalue weighted by Crippen LogP contribution is 2.17. The van der Waals surface area contributed by atoms with Crippen molar-refractivity contribution < 1.29 is 0 Å². The lowest BCUT2D eigenvalue weighted by Gasteiger charge is -2.23. The number of anilines is 1. The van der Waals surface area contributed by atoms with Gasteiger partial charge in [0.15, 0.2) is 0 Å². The molecule has 1 aliphatic heterocycles. The predicted octanol–water partition coefficient (Wildman–Crippen LogP) is 2.58. The first kappa shape index (κ1) is 10.5. The van der Waals surface area contributed by atoms with Gasteiger partial charge in [-0.25, -0.2) is 0 Å². The highest BCUT2D eigenvalue weighted by molar-refractivity contribution is 5.42. The van der Waals surface area contributed by atoms with Crippen molar-refractivity contribution in [3.05, 3.63) is 30.3 Å². The second-order valence-corrected chi connectivity index (χ2v) is 4.17. The van der Waals surface area contributed by atoms with Crippen LogP contribution in [0.25, 0.3) is 0 Å². The van der Waals surface area contributed by atoms with Gasteiger partial charge in [0.25, 0.3) is 0 Å². The summed E-state index contributed by atoms with van der Waals surface area (Å²) in [6.07, 6.45) is 2.70. The van der Waals surface area contributed by atoms with Gasteiger partial charge in [0, 0.05) is 18.3 Å². The molecule has 2 heteroatoms. The van der Waals surface area contributed by atoms with E-state index in [-0.39, 0.29) is 0 Å². The van der Waals surface area contributed by atoms with Crippen LogP contribution in [0.15, 0.2) is 30.3 Å². The van der Waals surface area contributed by atoms with Crippen LogP contribution in [-0.4, -0.2) is 30.6 Å². The number of hydrogen-bond donors (Lipinski definition) is 1. The highest BCUT2D eigenvalue weighted by Gasteiger charge is 2.22. The van der Waals surface area contributed by atoms with Crippen LogP contribution in [0.1, 0.15) is 19.8 Å². The van der Waals surface area contributed by atoms with E-state index in [0.717, 1.165) is 12.6 Å². The Morgan fingerprint density at radius 2 is 2.13 bits per heavy atom. The van der Waals surface area contributed by atoms with Crippen LogP contribution in [0.3, 0.4) is 0 Å². The van der Waals surface area contributed by atoms with E-state index in [2.05, 4.69) is 47.5 Å². The molecule has 0 saturated carbocycles. The first-order chi connectivity index (χ1) is 7.40. The molecule has 15 heavy (non-hydrogen) atoms. The summed E-state index contributed by atoms with van der Waals surface area (Å²) in [6, 6.07) is 11.2. The lowest BCUT2D eigenvalue weighted by molar-refractivity contribution is 0.277. The number of nitrogens with zero attached hydrogens (tertiary/aromatic N) is 1. The quantitative estimate of drug-likeness (QED) is 0.811. The fraction of sp³-hybridized carbons (Fsp3) is 0.538. The van der Waals surface area contributed by atoms with Crippen molar-refractivity contribution in [1.29, 1.82) is 0 Å². The van der Waals surface area contributed by atoms with Crippen molar-refractivity contribution in [1.82, 2.24) is 4.90 Å². The van der Waals surface area contributed by atoms with Crippen LogP contribution in [0.5, 0.6) is 0 Å². The Labute approximate surface area is 92.3 Å². The van der Waals surface area contributed by atoms with Crippen molar-refractivity contribution in [2.24, 2.45) is 0 Å². The lowest BCUT2D eigenvalue weighted by Crippen LogP contribution is -2.34. The van der Waals surface area contributed by atoms with Gasteiger partial charge >= 0.3 is 0 Å². The molecular formula is C13H20N2. The molecule has 1 fully saturated rings. The Hall–Kier alpha value is -1.02. The van der Waals surface area contributed by atoms with E-state index >= 15 is 0 Å². The van der Waals surface area contributed by atoms with Crippen LogP contribution in [0.4, 0.5) is 5.69 Å². The molecule has 1 unspecified atom stereocenters. The normalized spacial score (nSPS) is 21.8. The molecule has 1 aliphatic rings. The molecule has 1 heterocycles. The second-order valence-electron chi connectivity index (χ2n) is 4.17. The third kappa shape index (κ3) is 2.72. The monoisotopic (exact) mass is 204 g/mol. The molecule has 1 saturated heterocycles. The zero-order valence-corrected chi connectivity index (χ0v) is 9.45. The maximum absolute atomic E-state index is 3.51. The van der Waals surface area contributed by atoms with Crippen molar-refractivity contribution in [3.63, 3.8) is 0 Å². The van der Waals surface area contributed by atoms with Crippen molar-refractivity contribution >= 4 is 5.69 Å². The minimum Gasteiger partial charge on any atom is -0.383 e. The fourth-order valence-electron chi connectivity index (χ4n) is 2.33. The maximum atomic E-state index is 3.51. The summed E-state index contributed by atoms with van der Waals surface area (Å²) in [6.45, 7) is 5.79. The average Bonchev–Trinajstić information content (AvgIpc) is 2.75. The van der Waals surface area contributed by atoms with Gasteiger partial charge < -0.3 is 5.32 Å². The van der Waals surface area contributed by atoms with E-state index in [1.165, 1.54) is 31.6 Å². The predicted molar refractivity (Wildman–Crippen MR) is 65.2 cm³/mol. The molecule has 82 valence electrons. The Bertz CT molecular complexity index is 284. The van der Waals surface area contributed by atoms with Crippen LogP contribution in [0, 0.1) is 0 Å². The molecule has 2 nitrogen and oxygen atoms in total. The van der Waals surface area contributed by atoms with Gasteiger partial charge in [-0.3, -0.25) is 4.90 Å². The van der Waals surface area contributed by atoms with Gasteiger partial charge in [-0.2, -0.15) is 0 Å². The third-order valence-corrected chi connectivity index (χ3v) is 3.22. The SMILES string of the molecule is CCN1CCCC1CNc1ccccc1. The van der Waals surface area contributed by atoms with E-state index in [1.807, 2.05) is 0 Å². The summed E-state index contributed by atoms with van der Waals surface area (Å²) < 4.78 is 0. The van der Waals surface area contributed by atoms with Crippen molar-refractivity contribution in [3.8, 4) is 0 Å². The Morgan fingerprint density at radius 1 is 1.33 bits per heavy atom. The van der Waals surface area contributed by atoms with Gasteiger partial charge in [-0.1, -0.05) is 25.1 Å². The maximum Gasteiger partial charge on any atom is 0.0340 e. The number of para-hydroxylation sites is 1. The lowest BCUT2D eigenvalue weighted by atomic mass is 10.2. The molecule has 0 aliphatic carbocycles. The summed E-state index contributed by atoms with van der Waals surface area (Å²) in [5.41, 5.74) is 1.24. The Kier molecular flexibility index (Phi) is 3.62. The zero-order valence-electron chi connectivity index (χ0n) is 9.45. The summed E-state index contributed by atoms with van der Waals surface area (Å²) in [7, 11) is 0. The van der Waals surface area contributed by atoms with Gasteiger partial charge in [-0.05, 0) is 38.1 Å². The number of likely N-dealkylation sites (tertiary alicyclic amines) is 1. The van der Waals surface area contributed by atoms with Crippen molar-refractivity contribution in [2.45, 2.75) is 25.8 Å². The average molecular weight is 204 g/mol. The van der Waals surface area contributed by atoms with Crippen LogP contribution in [0.2, 0.25) is 0 Å². The van der Waals surface area contributed by atoms with Gasteiger partial charge in [0.05, 0.1) is 0 Å². The standard InChI is InChI=1S/C13H20N2/c1-2-15-10-6-9-13(15)11-14-12-7-4-3-5-8-12/h3-5,7-8,13-14H,2,6,9-11H2,1H3. The van der Waals surface area contributed by atoms with Gasteiger partial charge in [0.1, 0.15) is 0 Å². The number of rotatable bonds is 4. The summed E-state index contributed by atoms with van der Waals surface area (Å²) >= 11 is 0. The molecule has 1 aromatic carbocycles. The van der Waals surface area contributed by atoms with E-state index in [4.69, 9.17) is 0 Å². The summed E-state index contributed by atoms with van der Waals surface area (Å²) in [5.74, 6) is 0. The van der Waals surface area contributed by atoms with Crippen LogP contribution >= 0.6 is 0 Å². The van der Waals surface area contributed by atoms with E-state index < -0.39 is 0 Å². The molecule has 0 amide bonds. The minimum atomic E-state index is 0.732. The summed E-state index contributed by atoms with van der Waals surface area (Å²) in [4.78, 5) is 2.57. The van der Waals surface area contributed by atoms with Crippen molar-refractivity contribution in [2.75, 3.05) is 25.0 Å². The number of hydrogen-bond acceptors (Lipinski definition) is 2. The second kappa shape index (κ2) is 5.17. The number of benzene rings is 1. The van der Waals surface area contributed by atoms with E-state index in [1.54, 1.807) is 0 Å². The molecule has 0 aromatic heterocycles. The fourth-order valence-corrected chi connectivity index (χ4v) is 2.33. The Morgan fingerprint density at radius 3 is 2.87 bits per heavy atom. The minimum absolute atomic E-state index is 0.732. The smallest absolute Gasteiger partial charge is 0.0340 e. The number of nitrogens with one attached hydrogen (secondary N) is 1. The van der Waals surface area contributed by atoms with Crippen LogP contribution in [-0.2, 0) is 0 Å². The van der Waals surface area contributed by atoms with Crippen LogP contribution < -0.4 is 5.32 Å². The molecule has 1 aromatic rings. The molecule has 2 rings (SSSR count). The highest BCUT2D eigenvalue weighted by atomic mass is 15.2. The number of likely N-dealkylation sites (N-methyl/N-ethyl adjacent to an activating group) is 1. The zero-order chi connectivity index (χ0) is 10.5. The molecule has 1 N–H and O–H groups in total. The summed E-state index contributed by atoms with van der Waals surface area (Å²) in [5, 5.41) is 3.51. The molecule has 1 atom stereocenters. The molecule has 0 bridgehead atoms. The topological polar surface area (TPSA) is 15.3 Å². The largest absolute Gasteiger partial charge is 0.383 e. The first-order valence-electron chi connectivity index (χ1n) is 5.93. The van der Waals surface area contributed by atoms with E-state index in [0.29, 0.717) is 0 Å².